The number of nitrogens with zero attached hydrogens (tertiary/aromatic N) is 2. The molecule has 0 fully saturated rings. The fraction of sp³-hybridized carbons (Fsp3) is 0.429. The number of benzene rings is 2. The summed E-state index contributed by atoms with van der Waals surface area (Å²) >= 11 is 0. The Labute approximate surface area is 152 Å². The molecule has 0 saturated heterocycles. The highest BCUT2D eigenvalue weighted by Gasteiger charge is 2.52. The van der Waals surface area contributed by atoms with Gasteiger partial charge < -0.3 is 10.0 Å². The summed E-state index contributed by atoms with van der Waals surface area (Å²) in [7, 11) is 2.14. The van der Waals surface area contributed by atoms with Gasteiger partial charge >= 0.3 is 0 Å². The average Bonchev–Trinajstić information content (AvgIpc) is 2.60. The number of aliphatic hydroxyl groups is 1. The van der Waals surface area contributed by atoms with E-state index in [0.717, 1.165) is 13.1 Å². The maximum Gasteiger partial charge on any atom is 0.135 e. The number of hydrogen-bond donors (Lipinski definition) is 1. The van der Waals surface area contributed by atoms with Crippen molar-refractivity contribution in [2.45, 2.75) is 32.1 Å². The molecule has 0 amide bonds. The highest BCUT2D eigenvalue weighted by atomic mass is 28.3. The average molecular weight is 355 g/mol. The quantitative estimate of drug-likeness (QED) is 0.852. The molecule has 1 N–H and O–H groups in total. The Morgan fingerprint density at radius 1 is 1.08 bits per heavy atom. The van der Waals surface area contributed by atoms with Crippen LogP contribution in [0.3, 0.4) is 0 Å². The molecular formula is C21H30N2OSi. The number of anilines is 1. The van der Waals surface area contributed by atoms with Crippen molar-refractivity contribution in [2.75, 3.05) is 32.1 Å². The monoisotopic (exact) mass is 354 g/mol. The third-order valence-electron chi connectivity index (χ3n) is 6.26. The SMILES string of the molecule is CN(C)c1ccc([Si]2(C)c3ccccc3CN(CCO)C2(C)C)cc1. The van der Waals surface area contributed by atoms with Crippen molar-refractivity contribution in [3.8, 4) is 0 Å². The zero-order valence-electron chi connectivity index (χ0n) is 16.1. The van der Waals surface area contributed by atoms with Crippen molar-refractivity contribution < 1.29 is 5.11 Å². The zero-order chi connectivity index (χ0) is 18.2. The second-order valence-corrected chi connectivity index (χ2v) is 12.5. The van der Waals surface area contributed by atoms with Gasteiger partial charge in [-0.2, -0.15) is 0 Å². The Kier molecular flexibility index (Phi) is 4.79. The highest BCUT2D eigenvalue weighted by molar-refractivity contribution is 7.04. The van der Waals surface area contributed by atoms with Gasteiger partial charge in [-0.05, 0) is 36.7 Å². The molecule has 3 rings (SSSR count). The van der Waals surface area contributed by atoms with E-state index in [4.69, 9.17) is 0 Å². The van der Waals surface area contributed by atoms with Crippen LogP contribution in [0.5, 0.6) is 0 Å². The van der Waals surface area contributed by atoms with E-state index in [-0.39, 0.29) is 11.8 Å². The predicted octanol–water partition coefficient (Wildman–Crippen LogP) is 2.07. The summed E-state index contributed by atoms with van der Waals surface area (Å²) in [5, 5.41) is 12.6. The lowest BCUT2D eigenvalue weighted by Crippen LogP contribution is -2.78. The topological polar surface area (TPSA) is 26.7 Å². The normalized spacial score (nSPS) is 22.5. The van der Waals surface area contributed by atoms with Gasteiger partial charge in [-0.25, -0.2) is 0 Å². The van der Waals surface area contributed by atoms with Gasteiger partial charge in [0.05, 0.1) is 6.61 Å². The number of fused-ring (bicyclic) bond motifs is 1. The minimum absolute atomic E-state index is 0.0315. The van der Waals surface area contributed by atoms with E-state index in [1.165, 1.54) is 21.6 Å². The molecule has 0 spiro atoms. The fourth-order valence-electron chi connectivity index (χ4n) is 4.28. The molecule has 0 aromatic heterocycles. The maximum atomic E-state index is 9.61. The van der Waals surface area contributed by atoms with E-state index in [1.807, 2.05) is 0 Å². The van der Waals surface area contributed by atoms with Crippen molar-refractivity contribution in [3.05, 3.63) is 54.1 Å². The fourth-order valence-corrected chi connectivity index (χ4v) is 8.84. The molecule has 1 aliphatic heterocycles. The Morgan fingerprint density at radius 3 is 2.32 bits per heavy atom. The first-order valence-corrected chi connectivity index (χ1v) is 11.5. The summed E-state index contributed by atoms with van der Waals surface area (Å²) in [6.07, 6.45) is 0. The van der Waals surface area contributed by atoms with Crippen molar-refractivity contribution in [3.63, 3.8) is 0 Å². The lowest BCUT2D eigenvalue weighted by molar-refractivity contribution is 0.129. The molecule has 134 valence electrons. The molecule has 1 atom stereocenters. The minimum Gasteiger partial charge on any atom is -0.395 e. The van der Waals surface area contributed by atoms with E-state index in [1.54, 1.807) is 0 Å². The number of aliphatic hydroxyl groups excluding tert-OH is 1. The van der Waals surface area contributed by atoms with Crippen LogP contribution in [-0.2, 0) is 6.54 Å². The van der Waals surface area contributed by atoms with Crippen LogP contribution in [0.1, 0.15) is 19.4 Å². The molecule has 0 saturated carbocycles. The third-order valence-corrected chi connectivity index (χ3v) is 12.1. The highest BCUT2D eigenvalue weighted by Crippen LogP contribution is 2.33. The molecular weight excluding hydrogens is 324 g/mol. The summed E-state index contributed by atoms with van der Waals surface area (Å²) in [6, 6.07) is 18.0. The summed E-state index contributed by atoms with van der Waals surface area (Å²) in [5.74, 6) is 0. The van der Waals surface area contributed by atoms with E-state index in [9.17, 15) is 5.11 Å². The summed E-state index contributed by atoms with van der Waals surface area (Å²) in [4.78, 5) is 4.62. The van der Waals surface area contributed by atoms with Crippen LogP contribution in [0.25, 0.3) is 0 Å². The summed E-state index contributed by atoms with van der Waals surface area (Å²) < 4.78 is 0. The van der Waals surface area contributed by atoms with Crippen LogP contribution in [0.2, 0.25) is 6.55 Å². The zero-order valence-corrected chi connectivity index (χ0v) is 17.1. The number of hydrogen-bond acceptors (Lipinski definition) is 3. The molecule has 0 radical (unpaired) electrons. The van der Waals surface area contributed by atoms with Crippen molar-refractivity contribution in [2.24, 2.45) is 0 Å². The lowest BCUT2D eigenvalue weighted by atomic mass is 10.1. The van der Waals surface area contributed by atoms with Crippen LogP contribution < -0.4 is 15.3 Å². The van der Waals surface area contributed by atoms with Gasteiger partial charge in [0.2, 0.25) is 0 Å². The van der Waals surface area contributed by atoms with Gasteiger partial charge in [-0.1, -0.05) is 48.1 Å². The molecule has 4 heteroatoms. The van der Waals surface area contributed by atoms with Gasteiger partial charge in [0.25, 0.3) is 0 Å². The van der Waals surface area contributed by atoms with E-state index in [0.29, 0.717) is 0 Å². The van der Waals surface area contributed by atoms with Gasteiger partial charge in [0, 0.05) is 38.0 Å². The molecule has 25 heavy (non-hydrogen) atoms. The molecule has 2 aromatic carbocycles. The minimum atomic E-state index is -2.02. The second kappa shape index (κ2) is 6.59. The first-order valence-electron chi connectivity index (χ1n) is 9.04. The van der Waals surface area contributed by atoms with Crippen molar-refractivity contribution in [1.82, 2.24) is 4.90 Å². The lowest BCUT2D eigenvalue weighted by Gasteiger charge is -2.54. The Hall–Kier alpha value is -1.62. The standard InChI is InChI=1S/C21H30N2OSi/c1-21(2)23(14-15-24)16-17-8-6-7-9-20(17)25(21,5)19-12-10-18(11-13-19)22(3)4/h6-13,24H,14-16H2,1-5H3. The molecule has 3 nitrogen and oxygen atoms in total. The third kappa shape index (κ3) is 2.82. The van der Waals surface area contributed by atoms with Crippen LogP contribution in [-0.4, -0.2) is 50.5 Å². The van der Waals surface area contributed by atoms with Crippen LogP contribution >= 0.6 is 0 Å². The van der Waals surface area contributed by atoms with Crippen molar-refractivity contribution >= 4 is 24.1 Å². The molecule has 2 aromatic rings. The van der Waals surface area contributed by atoms with Crippen LogP contribution in [0, 0.1) is 0 Å². The van der Waals surface area contributed by atoms with E-state index >= 15 is 0 Å². The predicted molar refractivity (Wildman–Crippen MR) is 110 cm³/mol. The van der Waals surface area contributed by atoms with Gasteiger partial charge in [-0.3, -0.25) is 4.90 Å². The summed E-state index contributed by atoms with van der Waals surface area (Å²) in [5.41, 5.74) is 2.65. The smallest absolute Gasteiger partial charge is 0.135 e. The Balaban J connectivity index is 2.18. The molecule has 1 unspecified atom stereocenters. The number of rotatable bonds is 4. The first kappa shape index (κ1) is 18.2. The largest absolute Gasteiger partial charge is 0.395 e. The van der Waals surface area contributed by atoms with Gasteiger partial charge in [-0.15, -0.1) is 0 Å². The Bertz CT molecular complexity index is 742. The maximum absolute atomic E-state index is 9.61. The summed E-state index contributed by atoms with van der Waals surface area (Å²) in [6.45, 7) is 9.06. The Morgan fingerprint density at radius 2 is 1.72 bits per heavy atom. The molecule has 1 aliphatic rings. The van der Waals surface area contributed by atoms with Crippen LogP contribution in [0.15, 0.2) is 48.5 Å². The first-order chi connectivity index (χ1) is 11.8. The molecule has 0 aliphatic carbocycles. The van der Waals surface area contributed by atoms with Crippen LogP contribution in [0.4, 0.5) is 5.69 Å². The van der Waals surface area contributed by atoms with Gasteiger partial charge in [0.15, 0.2) is 0 Å². The van der Waals surface area contributed by atoms with E-state index in [2.05, 4.69) is 92.8 Å². The molecule has 0 bridgehead atoms. The second-order valence-electron chi connectivity index (χ2n) is 7.93. The molecule has 1 heterocycles. The number of β-amino-alcohol motifs (C(OH)–C–C–N with tert-alkyl or cyclic N) is 1. The van der Waals surface area contributed by atoms with E-state index < -0.39 is 8.07 Å². The van der Waals surface area contributed by atoms with Gasteiger partial charge in [0.1, 0.15) is 8.07 Å². The van der Waals surface area contributed by atoms with Crippen molar-refractivity contribution in [1.29, 1.82) is 0 Å².